The number of hydrogen-bond acceptors (Lipinski definition) is 4. The van der Waals surface area contributed by atoms with Crippen LogP contribution < -0.4 is 20.5 Å². The monoisotopic (exact) mass is 222 g/mol. The van der Waals surface area contributed by atoms with Crippen LogP contribution in [0.4, 0.5) is 5.69 Å². The van der Waals surface area contributed by atoms with Gasteiger partial charge < -0.3 is 20.5 Å². The van der Waals surface area contributed by atoms with Crippen LogP contribution in [0.25, 0.3) is 0 Å². The third-order valence-electron chi connectivity index (χ3n) is 2.63. The molecule has 1 unspecified atom stereocenters. The maximum absolute atomic E-state index is 11.3. The van der Waals surface area contributed by atoms with E-state index in [4.69, 9.17) is 15.2 Å². The Hall–Kier alpha value is -1.75. The summed E-state index contributed by atoms with van der Waals surface area (Å²) in [6.45, 7) is 0. The summed E-state index contributed by atoms with van der Waals surface area (Å²) in [4.78, 5) is 11.3. The van der Waals surface area contributed by atoms with Crippen molar-refractivity contribution >= 4 is 11.6 Å². The number of rotatable bonds is 2. The van der Waals surface area contributed by atoms with Gasteiger partial charge in [0.25, 0.3) is 0 Å². The number of anilines is 1. The fourth-order valence-corrected chi connectivity index (χ4v) is 1.93. The molecule has 5 nitrogen and oxygen atoms in total. The maximum atomic E-state index is 11.3. The zero-order chi connectivity index (χ0) is 11.7. The Bertz CT molecular complexity index is 431. The second-order valence-corrected chi connectivity index (χ2v) is 3.62. The first-order valence-corrected chi connectivity index (χ1v) is 4.97. The minimum atomic E-state index is -0.353. The Morgan fingerprint density at radius 1 is 1.38 bits per heavy atom. The number of carbonyl (C=O) groups is 1. The number of fused-ring (bicyclic) bond motifs is 1. The third kappa shape index (κ3) is 1.59. The lowest BCUT2D eigenvalue weighted by Gasteiger charge is -2.25. The van der Waals surface area contributed by atoms with Crippen LogP contribution in [0.2, 0.25) is 0 Å². The van der Waals surface area contributed by atoms with Gasteiger partial charge in [-0.05, 0) is 12.1 Å². The van der Waals surface area contributed by atoms with E-state index in [2.05, 4.69) is 5.32 Å². The van der Waals surface area contributed by atoms with E-state index in [1.54, 1.807) is 26.4 Å². The molecule has 2 rings (SSSR count). The van der Waals surface area contributed by atoms with Gasteiger partial charge in [-0.25, -0.2) is 0 Å². The standard InChI is InChI=1S/C11H14N2O3/c1-15-8-4-3-7-10(11(8)16-2)6(12)5-9(14)13-7/h3-4,6H,5,12H2,1-2H3,(H,13,14). The Morgan fingerprint density at radius 2 is 2.12 bits per heavy atom. The molecule has 1 aliphatic rings. The molecule has 0 aromatic heterocycles. The first-order chi connectivity index (χ1) is 7.67. The lowest BCUT2D eigenvalue weighted by Crippen LogP contribution is -2.27. The van der Waals surface area contributed by atoms with Crippen LogP contribution in [0.15, 0.2) is 12.1 Å². The van der Waals surface area contributed by atoms with Crippen LogP contribution in [-0.4, -0.2) is 20.1 Å². The Kier molecular flexibility index (Phi) is 2.70. The lowest BCUT2D eigenvalue weighted by atomic mass is 9.96. The molecule has 0 saturated heterocycles. The van der Waals surface area contributed by atoms with Gasteiger partial charge in [0, 0.05) is 23.7 Å². The van der Waals surface area contributed by atoms with Gasteiger partial charge in [-0.1, -0.05) is 0 Å². The number of nitrogens with one attached hydrogen (secondary N) is 1. The zero-order valence-electron chi connectivity index (χ0n) is 9.24. The highest BCUT2D eigenvalue weighted by molar-refractivity contribution is 5.95. The van der Waals surface area contributed by atoms with Gasteiger partial charge in [0.1, 0.15) is 0 Å². The third-order valence-corrected chi connectivity index (χ3v) is 2.63. The van der Waals surface area contributed by atoms with E-state index in [-0.39, 0.29) is 18.4 Å². The molecule has 1 amide bonds. The first kappa shape index (κ1) is 10.8. The van der Waals surface area contributed by atoms with Crippen LogP contribution in [-0.2, 0) is 4.79 Å². The normalized spacial score (nSPS) is 18.7. The van der Waals surface area contributed by atoms with Crippen molar-refractivity contribution in [3.8, 4) is 11.5 Å². The SMILES string of the molecule is COc1ccc2c(c1OC)C(N)CC(=O)N2. The van der Waals surface area contributed by atoms with Crippen molar-refractivity contribution in [1.29, 1.82) is 0 Å². The Labute approximate surface area is 93.5 Å². The van der Waals surface area contributed by atoms with Crippen molar-refractivity contribution in [2.45, 2.75) is 12.5 Å². The number of hydrogen-bond donors (Lipinski definition) is 2. The van der Waals surface area contributed by atoms with Crippen molar-refractivity contribution < 1.29 is 14.3 Å². The summed E-state index contributed by atoms with van der Waals surface area (Å²) in [5, 5.41) is 2.76. The molecular weight excluding hydrogens is 208 g/mol. The predicted octanol–water partition coefficient (Wildman–Crippen LogP) is 1.05. The number of benzene rings is 1. The van der Waals surface area contributed by atoms with Gasteiger partial charge in [0.05, 0.1) is 14.2 Å². The Morgan fingerprint density at radius 3 is 2.75 bits per heavy atom. The molecule has 5 heteroatoms. The highest BCUT2D eigenvalue weighted by Crippen LogP contribution is 2.42. The second kappa shape index (κ2) is 4.02. The summed E-state index contributed by atoms with van der Waals surface area (Å²) in [6.07, 6.45) is 0.260. The fourth-order valence-electron chi connectivity index (χ4n) is 1.93. The predicted molar refractivity (Wildman–Crippen MR) is 59.7 cm³/mol. The number of amides is 1. The molecule has 0 radical (unpaired) electrons. The van der Waals surface area contributed by atoms with Gasteiger partial charge in [-0.2, -0.15) is 0 Å². The van der Waals surface area contributed by atoms with E-state index in [0.717, 1.165) is 5.56 Å². The molecule has 1 aromatic rings. The van der Waals surface area contributed by atoms with Crippen molar-refractivity contribution in [1.82, 2.24) is 0 Å². The summed E-state index contributed by atoms with van der Waals surface area (Å²) >= 11 is 0. The van der Waals surface area contributed by atoms with Gasteiger partial charge in [0.15, 0.2) is 11.5 Å². The molecule has 1 heterocycles. The zero-order valence-corrected chi connectivity index (χ0v) is 9.24. The fraction of sp³-hybridized carbons (Fsp3) is 0.364. The molecule has 3 N–H and O–H groups in total. The van der Waals surface area contributed by atoms with E-state index in [0.29, 0.717) is 17.2 Å². The average Bonchev–Trinajstić information content (AvgIpc) is 2.27. The van der Waals surface area contributed by atoms with Gasteiger partial charge in [-0.3, -0.25) is 4.79 Å². The van der Waals surface area contributed by atoms with Gasteiger partial charge in [-0.15, -0.1) is 0 Å². The first-order valence-electron chi connectivity index (χ1n) is 4.97. The van der Waals surface area contributed by atoms with E-state index in [1.807, 2.05) is 0 Å². The van der Waals surface area contributed by atoms with Crippen LogP contribution in [0, 0.1) is 0 Å². The number of nitrogens with two attached hydrogens (primary N) is 1. The molecule has 1 aliphatic heterocycles. The van der Waals surface area contributed by atoms with Crippen LogP contribution in [0.5, 0.6) is 11.5 Å². The van der Waals surface area contributed by atoms with Gasteiger partial charge in [0.2, 0.25) is 5.91 Å². The molecule has 0 saturated carbocycles. The molecule has 86 valence electrons. The summed E-state index contributed by atoms with van der Waals surface area (Å²) in [5.41, 5.74) is 7.43. The van der Waals surface area contributed by atoms with Crippen molar-refractivity contribution in [3.05, 3.63) is 17.7 Å². The minimum Gasteiger partial charge on any atom is -0.493 e. The Balaban J connectivity index is 2.58. The number of carbonyl (C=O) groups excluding carboxylic acids is 1. The number of ether oxygens (including phenoxy) is 2. The highest BCUT2D eigenvalue weighted by atomic mass is 16.5. The number of methoxy groups -OCH3 is 2. The summed E-state index contributed by atoms with van der Waals surface area (Å²) in [6, 6.07) is 3.16. The molecule has 1 aromatic carbocycles. The topological polar surface area (TPSA) is 73.6 Å². The molecule has 0 bridgehead atoms. The smallest absolute Gasteiger partial charge is 0.226 e. The summed E-state index contributed by atoms with van der Waals surface area (Å²) in [5.74, 6) is 1.13. The van der Waals surface area contributed by atoms with Crippen LogP contribution >= 0.6 is 0 Å². The van der Waals surface area contributed by atoms with Crippen molar-refractivity contribution in [2.24, 2.45) is 5.73 Å². The van der Waals surface area contributed by atoms with E-state index in [1.165, 1.54) is 0 Å². The lowest BCUT2D eigenvalue weighted by molar-refractivity contribution is -0.116. The van der Waals surface area contributed by atoms with E-state index < -0.39 is 0 Å². The van der Waals surface area contributed by atoms with Crippen LogP contribution in [0.1, 0.15) is 18.0 Å². The molecule has 16 heavy (non-hydrogen) atoms. The van der Waals surface area contributed by atoms with E-state index >= 15 is 0 Å². The maximum Gasteiger partial charge on any atom is 0.226 e. The quantitative estimate of drug-likeness (QED) is 0.784. The summed E-state index contributed by atoms with van der Waals surface area (Å²) in [7, 11) is 3.12. The molecule has 1 atom stereocenters. The van der Waals surface area contributed by atoms with Gasteiger partial charge >= 0.3 is 0 Å². The van der Waals surface area contributed by atoms with Crippen molar-refractivity contribution in [2.75, 3.05) is 19.5 Å². The highest BCUT2D eigenvalue weighted by Gasteiger charge is 2.27. The molecule has 0 fully saturated rings. The second-order valence-electron chi connectivity index (χ2n) is 3.62. The largest absolute Gasteiger partial charge is 0.493 e. The minimum absolute atomic E-state index is 0.0766. The van der Waals surface area contributed by atoms with E-state index in [9.17, 15) is 4.79 Å². The molecule has 0 aliphatic carbocycles. The van der Waals surface area contributed by atoms with Crippen molar-refractivity contribution in [3.63, 3.8) is 0 Å². The van der Waals surface area contributed by atoms with Crippen LogP contribution in [0.3, 0.4) is 0 Å². The molecule has 0 spiro atoms. The summed E-state index contributed by atoms with van der Waals surface area (Å²) < 4.78 is 10.5. The average molecular weight is 222 g/mol. The molecular formula is C11H14N2O3.